The van der Waals surface area contributed by atoms with Crippen LogP contribution in [0.2, 0.25) is 0 Å². The lowest BCUT2D eigenvalue weighted by atomic mass is 10.3. The molecule has 0 radical (unpaired) electrons. The van der Waals surface area contributed by atoms with E-state index in [1.807, 2.05) is 18.7 Å². The van der Waals surface area contributed by atoms with Crippen molar-refractivity contribution in [1.82, 2.24) is 9.97 Å². The summed E-state index contributed by atoms with van der Waals surface area (Å²) in [5.41, 5.74) is 6.65. The van der Waals surface area contributed by atoms with Crippen molar-refractivity contribution in [2.45, 2.75) is 24.5 Å². The van der Waals surface area contributed by atoms with Crippen LogP contribution in [0.4, 0.5) is 11.6 Å². The molecule has 15 heavy (non-hydrogen) atoms. The first kappa shape index (κ1) is 10.5. The van der Waals surface area contributed by atoms with Crippen molar-refractivity contribution in [2.75, 3.05) is 23.9 Å². The Morgan fingerprint density at radius 3 is 2.87 bits per heavy atom. The molecular weight excluding hydrogens is 208 g/mol. The van der Waals surface area contributed by atoms with E-state index in [4.69, 9.17) is 5.73 Å². The minimum absolute atomic E-state index is 0.437. The van der Waals surface area contributed by atoms with Crippen LogP contribution in [0.25, 0.3) is 0 Å². The fourth-order valence-corrected chi connectivity index (χ4v) is 2.21. The summed E-state index contributed by atoms with van der Waals surface area (Å²) in [5, 5.41) is 3.36. The van der Waals surface area contributed by atoms with E-state index in [0.29, 0.717) is 10.6 Å². The quantitative estimate of drug-likeness (QED) is 0.814. The van der Waals surface area contributed by atoms with E-state index in [1.165, 1.54) is 19.2 Å². The first-order valence-electron chi connectivity index (χ1n) is 5.03. The van der Waals surface area contributed by atoms with Gasteiger partial charge in [-0.25, -0.2) is 9.97 Å². The SMILES string of the molecule is CSC1(CNc2ncnc(N)c2C)CC1. The second-order valence-electron chi connectivity index (χ2n) is 3.97. The normalized spacial score (nSPS) is 17.5. The number of hydrogen-bond donors (Lipinski definition) is 2. The van der Waals surface area contributed by atoms with Gasteiger partial charge in [0.1, 0.15) is 18.0 Å². The van der Waals surface area contributed by atoms with Gasteiger partial charge in [0, 0.05) is 16.9 Å². The van der Waals surface area contributed by atoms with Crippen molar-refractivity contribution in [1.29, 1.82) is 0 Å². The lowest BCUT2D eigenvalue weighted by molar-refractivity contribution is 0.934. The summed E-state index contributed by atoms with van der Waals surface area (Å²) in [6.45, 7) is 2.90. The molecule has 3 N–H and O–H groups in total. The third kappa shape index (κ3) is 2.17. The number of hydrogen-bond acceptors (Lipinski definition) is 5. The Morgan fingerprint density at radius 1 is 1.53 bits per heavy atom. The number of rotatable bonds is 4. The zero-order valence-electron chi connectivity index (χ0n) is 9.08. The highest BCUT2D eigenvalue weighted by molar-refractivity contribution is 8.00. The molecule has 0 saturated heterocycles. The molecule has 0 amide bonds. The number of nitrogens with two attached hydrogens (primary N) is 1. The van der Waals surface area contributed by atoms with Crippen LogP contribution in [0, 0.1) is 6.92 Å². The van der Waals surface area contributed by atoms with Crippen LogP contribution in [0.5, 0.6) is 0 Å². The maximum atomic E-state index is 5.71. The van der Waals surface area contributed by atoms with Gasteiger partial charge in [-0.2, -0.15) is 11.8 Å². The van der Waals surface area contributed by atoms with E-state index in [9.17, 15) is 0 Å². The van der Waals surface area contributed by atoms with Crippen molar-refractivity contribution in [2.24, 2.45) is 0 Å². The maximum absolute atomic E-state index is 5.71. The van der Waals surface area contributed by atoms with Crippen LogP contribution in [0.3, 0.4) is 0 Å². The van der Waals surface area contributed by atoms with E-state index in [0.717, 1.165) is 17.9 Å². The van der Waals surface area contributed by atoms with Gasteiger partial charge in [0.25, 0.3) is 0 Å². The molecule has 0 aliphatic heterocycles. The van der Waals surface area contributed by atoms with Crippen LogP contribution in [-0.4, -0.2) is 27.5 Å². The molecule has 1 saturated carbocycles. The largest absolute Gasteiger partial charge is 0.383 e. The van der Waals surface area contributed by atoms with Gasteiger partial charge in [-0.05, 0) is 26.0 Å². The average molecular weight is 224 g/mol. The smallest absolute Gasteiger partial charge is 0.134 e. The zero-order valence-corrected chi connectivity index (χ0v) is 9.90. The van der Waals surface area contributed by atoms with Crippen LogP contribution >= 0.6 is 11.8 Å². The molecule has 4 nitrogen and oxygen atoms in total. The van der Waals surface area contributed by atoms with Crippen LogP contribution in [0.1, 0.15) is 18.4 Å². The summed E-state index contributed by atoms with van der Waals surface area (Å²) in [6, 6.07) is 0. The van der Waals surface area contributed by atoms with Crippen LogP contribution < -0.4 is 11.1 Å². The summed E-state index contributed by atoms with van der Waals surface area (Å²) >= 11 is 1.93. The zero-order chi connectivity index (χ0) is 10.9. The van der Waals surface area contributed by atoms with Crippen molar-refractivity contribution in [3.63, 3.8) is 0 Å². The highest BCUT2D eigenvalue weighted by Crippen LogP contribution is 2.47. The molecule has 2 rings (SSSR count). The van der Waals surface area contributed by atoms with Gasteiger partial charge in [0.2, 0.25) is 0 Å². The third-order valence-corrected chi connectivity index (χ3v) is 4.36. The standard InChI is InChI=1S/C10H16N4S/c1-7-8(11)13-6-14-9(7)12-5-10(15-2)3-4-10/h6H,3-5H2,1-2H3,(H3,11,12,13,14). The van der Waals surface area contributed by atoms with E-state index < -0.39 is 0 Å². The van der Waals surface area contributed by atoms with Gasteiger partial charge < -0.3 is 11.1 Å². The monoisotopic (exact) mass is 224 g/mol. The molecule has 1 aliphatic rings. The molecule has 0 aromatic carbocycles. The molecule has 0 bridgehead atoms. The summed E-state index contributed by atoms with van der Waals surface area (Å²) in [5.74, 6) is 1.42. The maximum Gasteiger partial charge on any atom is 0.134 e. The van der Waals surface area contributed by atoms with E-state index in [-0.39, 0.29) is 0 Å². The molecular formula is C10H16N4S. The van der Waals surface area contributed by atoms with E-state index in [1.54, 1.807) is 0 Å². The number of aromatic nitrogens is 2. The van der Waals surface area contributed by atoms with Gasteiger partial charge in [0.15, 0.2) is 0 Å². The first-order chi connectivity index (χ1) is 7.17. The van der Waals surface area contributed by atoms with Gasteiger partial charge in [0.05, 0.1) is 0 Å². The summed E-state index contributed by atoms with van der Waals surface area (Å²) in [4.78, 5) is 8.13. The van der Waals surface area contributed by atoms with Gasteiger partial charge in [-0.3, -0.25) is 0 Å². The van der Waals surface area contributed by atoms with Crippen molar-refractivity contribution >= 4 is 23.4 Å². The van der Waals surface area contributed by atoms with Crippen molar-refractivity contribution in [3.05, 3.63) is 11.9 Å². The van der Waals surface area contributed by atoms with Gasteiger partial charge in [-0.15, -0.1) is 0 Å². The van der Waals surface area contributed by atoms with Gasteiger partial charge >= 0.3 is 0 Å². The fraction of sp³-hybridized carbons (Fsp3) is 0.600. The van der Waals surface area contributed by atoms with Crippen molar-refractivity contribution < 1.29 is 0 Å². The Kier molecular flexibility index (Phi) is 2.73. The lowest BCUT2D eigenvalue weighted by Gasteiger charge is -2.15. The Bertz CT molecular complexity index is 362. The fourth-order valence-electron chi connectivity index (χ4n) is 1.48. The molecule has 1 aromatic heterocycles. The summed E-state index contributed by atoms with van der Waals surface area (Å²) in [6.07, 6.45) is 6.25. The molecule has 82 valence electrons. The van der Waals surface area contributed by atoms with Gasteiger partial charge in [-0.1, -0.05) is 0 Å². The second-order valence-corrected chi connectivity index (χ2v) is 5.25. The summed E-state index contributed by atoms with van der Waals surface area (Å²) < 4.78 is 0.437. The molecule has 5 heteroatoms. The minimum atomic E-state index is 0.437. The molecule has 0 atom stereocenters. The van der Waals surface area contributed by atoms with Crippen LogP contribution in [-0.2, 0) is 0 Å². The molecule has 0 spiro atoms. The molecule has 1 heterocycles. The van der Waals surface area contributed by atoms with Crippen LogP contribution in [0.15, 0.2) is 6.33 Å². The van der Waals surface area contributed by atoms with E-state index in [2.05, 4.69) is 21.5 Å². The number of nitrogens with zero attached hydrogens (tertiary/aromatic N) is 2. The number of nitrogen functional groups attached to an aromatic ring is 1. The van der Waals surface area contributed by atoms with E-state index >= 15 is 0 Å². The lowest BCUT2D eigenvalue weighted by Crippen LogP contribution is -2.19. The first-order valence-corrected chi connectivity index (χ1v) is 6.25. The van der Waals surface area contributed by atoms with Crippen molar-refractivity contribution in [3.8, 4) is 0 Å². The highest BCUT2D eigenvalue weighted by Gasteiger charge is 2.41. The number of thioether (sulfide) groups is 1. The highest BCUT2D eigenvalue weighted by atomic mass is 32.2. The predicted octanol–water partition coefficient (Wildman–Crippen LogP) is 1.67. The molecule has 1 aliphatic carbocycles. The Hall–Kier alpha value is -0.970. The molecule has 1 aromatic rings. The topological polar surface area (TPSA) is 63.8 Å². The number of anilines is 2. The predicted molar refractivity (Wildman–Crippen MR) is 65.2 cm³/mol. The Morgan fingerprint density at radius 2 is 2.27 bits per heavy atom. The Balaban J connectivity index is 2.02. The Labute approximate surface area is 94.1 Å². The molecule has 1 fully saturated rings. The second kappa shape index (κ2) is 3.89. The third-order valence-electron chi connectivity index (χ3n) is 2.94. The number of nitrogens with one attached hydrogen (secondary N) is 1. The average Bonchev–Trinajstić information content (AvgIpc) is 3.01. The molecule has 0 unspecified atom stereocenters. The minimum Gasteiger partial charge on any atom is -0.383 e. The summed E-state index contributed by atoms with van der Waals surface area (Å²) in [7, 11) is 0.